The van der Waals surface area contributed by atoms with Gasteiger partial charge in [0.25, 0.3) is 5.91 Å². The number of methoxy groups -OCH3 is 2. The number of nitro benzene ring substituents is 1. The van der Waals surface area contributed by atoms with Crippen molar-refractivity contribution in [2.75, 3.05) is 27.4 Å². The maximum absolute atomic E-state index is 13.5. The Labute approximate surface area is 248 Å². The third-order valence-corrected chi connectivity index (χ3v) is 7.44. The van der Waals surface area contributed by atoms with Crippen LogP contribution in [0.15, 0.2) is 83.5 Å². The van der Waals surface area contributed by atoms with Gasteiger partial charge in [0.1, 0.15) is 11.5 Å². The van der Waals surface area contributed by atoms with Crippen LogP contribution >= 0.6 is 0 Å². The number of carbonyl (C=O) groups excluding carboxylic acids is 2. The zero-order valence-corrected chi connectivity index (χ0v) is 23.8. The molecule has 0 saturated heterocycles. The zero-order valence-electron chi connectivity index (χ0n) is 23.8. The molecule has 1 aliphatic carbocycles. The maximum atomic E-state index is 13.5. The summed E-state index contributed by atoms with van der Waals surface area (Å²) in [4.78, 5) is 36.5. The number of benzene rings is 3. The molecule has 2 atom stereocenters. The Hall–Kier alpha value is -5.19. The van der Waals surface area contributed by atoms with Crippen LogP contribution in [0.5, 0.6) is 17.2 Å². The van der Waals surface area contributed by atoms with Gasteiger partial charge >= 0.3 is 11.7 Å². The van der Waals surface area contributed by atoms with E-state index in [2.05, 4.69) is 6.08 Å². The van der Waals surface area contributed by atoms with Gasteiger partial charge in [0.05, 0.1) is 30.9 Å². The molecule has 43 heavy (non-hydrogen) atoms. The van der Waals surface area contributed by atoms with E-state index in [9.17, 15) is 19.7 Å². The predicted octanol–water partition coefficient (Wildman–Crippen LogP) is 5.36. The Morgan fingerprint density at radius 3 is 2.33 bits per heavy atom. The van der Waals surface area contributed by atoms with Gasteiger partial charge in [0, 0.05) is 12.0 Å². The monoisotopic (exact) mass is 585 g/mol. The molecule has 0 aromatic heterocycles. The summed E-state index contributed by atoms with van der Waals surface area (Å²) in [5.74, 6) is 0.00875. The molecule has 3 aromatic carbocycles. The normalized spacial score (nSPS) is 18.4. The van der Waals surface area contributed by atoms with Crippen LogP contribution in [0.1, 0.15) is 36.4 Å². The van der Waals surface area contributed by atoms with Crippen LogP contribution in [0, 0.1) is 16.0 Å². The van der Waals surface area contributed by atoms with Crippen molar-refractivity contribution in [2.24, 2.45) is 11.0 Å². The van der Waals surface area contributed by atoms with Crippen molar-refractivity contribution >= 4 is 29.4 Å². The van der Waals surface area contributed by atoms with E-state index in [1.165, 1.54) is 23.2 Å². The number of carbonyl (C=O) groups is 2. The summed E-state index contributed by atoms with van der Waals surface area (Å²) in [6.45, 7) is -1.15. The van der Waals surface area contributed by atoms with Crippen LogP contribution in [0.25, 0.3) is 6.08 Å². The SMILES string of the molecule is COc1ccc(C=C2CCCC3C2=NN(C(=O)COC(=O)COc2ccccc2[N+](=O)[O-])C3c2ccc(OC)cc2)cc1. The Bertz CT molecular complexity index is 1550. The van der Waals surface area contributed by atoms with Crippen LogP contribution in [-0.4, -0.2) is 55.0 Å². The minimum absolute atomic E-state index is 0.0479. The number of hydrogen-bond donors (Lipinski definition) is 0. The zero-order chi connectivity index (χ0) is 30.3. The van der Waals surface area contributed by atoms with Gasteiger partial charge < -0.3 is 18.9 Å². The van der Waals surface area contributed by atoms with E-state index in [0.29, 0.717) is 5.75 Å². The summed E-state index contributed by atoms with van der Waals surface area (Å²) < 4.78 is 21.1. The molecule has 0 bridgehead atoms. The molecule has 2 aliphatic rings. The van der Waals surface area contributed by atoms with Gasteiger partial charge in [0.15, 0.2) is 19.0 Å². The molecule has 11 nitrogen and oxygen atoms in total. The molecule has 0 spiro atoms. The van der Waals surface area contributed by atoms with E-state index < -0.39 is 36.1 Å². The molecule has 1 heterocycles. The first-order chi connectivity index (χ1) is 20.9. The van der Waals surface area contributed by atoms with E-state index >= 15 is 0 Å². The van der Waals surface area contributed by atoms with Crippen LogP contribution < -0.4 is 14.2 Å². The Balaban J connectivity index is 1.34. The van der Waals surface area contributed by atoms with E-state index in [-0.39, 0.29) is 17.4 Å². The summed E-state index contributed by atoms with van der Waals surface area (Å²) in [7, 11) is 3.21. The predicted molar refractivity (Wildman–Crippen MR) is 158 cm³/mol. The molecule has 0 radical (unpaired) electrons. The highest BCUT2D eigenvalue weighted by Gasteiger charge is 2.43. The first kappa shape index (κ1) is 29.3. The van der Waals surface area contributed by atoms with Crippen molar-refractivity contribution in [3.63, 3.8) is 0 Å². The van der Waals surface area contributed by atoms with Gasteiger partial charge in [-0.15, -0.1) is 0 Å². The van der Waals surface area contributed by atoms with Crippen LogP contribution in [0.3, 0.4) is 0 Å². The lowest BCUT2D eigenvalue weighted by Gasteiger charge is -2.29. The third kappa shape index (κ3) is 6.66. The first-order valence-corrected chi connectivity index (χ1v) is 13.8. The highest BCUT2D eigenvalue weighted by molar-refractivity contribution is 6.08. The number of para-hydroxylation sites is 2. The molecule has 1 aliphatic heterocycles. The number of hydrazone groups is 1. The fraction of sp³-hybridized carbons (Fsp3) is 0.281. The standard InChI is InChI=1S/C32H31N3O8/c1-40-24-14-10-21(11-15-24)18-23-6-5-7-26-31(23)33-34(32(26)22-12-16-25(41-2)17-13-22)29(36)19-43-30(37)20-42-28-9-4-3-8-27(28)35(38)39/h3-4,8-18,26,32H,5-7,19-20H2,1-2H3. The van der Waals surface area contributed by atoms with Crippen molar-refractivity contribution in [1.82, 2.24) is 5.01 Å². The molecule has 222 valence electrons. The highest BCUT2D eigenvalue weighted by atomic mass is 16.6. The largest absolute Gasteiger partial charge is 0.497 e. The maximum Gasteiger partial charge on any atom is 0.344 e. The van der Waals surface area contributed by atoms with E-state index in [4.69, 9.17) is 24.0 Å². The number of hydrogen-bond acceptors (Lipinski definition) is 9. The molecular weight excluding hydrogens is 554 g/mol. The van der Waals surface area contributed by atoms with Crippen LogP contribution in [0.2, 0.25) is 0 Å². The Morgan fingerprint density at radius 2 is 1.65 bits per heavy atom. The average Bonchev–Trinajstić information content (AvgIpc) is 3.44. The minimum Gasteiger partial charge on any atom is -0.497 e. The number of nitro groups is 1. The lowest BCUT2D eigenvalue weighted by atomic mass is 9.77. The molecule has 11 heteroatoms. The molecular formula is C32H31N3O8. The number of ether oxygens (including phenoxy) is 4. The van der Waals surface area contributed by atoms with Crippen molar-refractivity contribution in [1.29, 1.82) is 0 Å². The first-order valence-electron chi connectivity index (χ1n) is 13.8. The number of allylic oxidation sites excluding steroid dienone is 1. The van der Waals surface area contributed by atoms with Gasteiger partial charge in [-0.25, -0.2) is 9.80 Å². The molecule has 1 fully saturated rings. The van der Waals surface area contributed by atoms with Gasteiger partial charge in [-0.1, -0.05) is 36.4 Å². The van der Waals surface area contributed by atoms with Gasteiger partial charge in [0.2, 0.25) is 0 Å². The number of nitrogens with zero attached hydrogens (tertiary/aromatic N) is 3. The second-order valence-corrected chi connectivity index (χ2v) is 10.1. The lowest BCUT2D eigenvalue weighted by molar-refractivity contribution is -0.385. The van der Waals surface area contributed by atoms with E-state index in [0.717, 1.165) is 47.4 Å². The van der Waals surface area contributed by atoms with Crippen molar-refractivity contribution < 1.29 is 33.5 Å². The second-order valence-electron chi connectivity index (χ2n) is 10.1. The highest BCUT2D eigenvalue weighted by Crippen LogP contribution is 2.44. The number of esters is 1. The summed E-state index contributed by atoms with van der Waals surface area (Å²) in [5.41, 5.74) is 3.49. The molecule has 0 N–H and O–H groups in total. The fourth-order valence-corrected chi connectivity index (χ4v) is 5.36. The molecule has 1 saturated carbocycles. The minimum atomic E-state index is -0.836. The lowest BCUT2D eigenvalue weighted by Crippen LogP contribution is -2.35. The molecule has 5 rings (SSSR count). The van der Waals surface area contributed by atoms with Crippen LogP contribution in [-0.2, 0) is 14.3 Å². The van der Waals surface area contributed by atoms with Crippen LogP contribution in [0.4, 0.5) is 5.69 Å². The molecule has 3 aromatic rings. The van der Waals surface area contributed by atoms with Crippen molar-refractivity contribution in [2.45, 2.75) is 25.3 Å². The summed E-state index contributed by atoms with van der Waals surface area (Å²) in [5, 5.41) is 17.4. The number of rotatable bonds is 10. The molecule has 2 unspecified atom stereocenters. The second kappa shape index (κ2) is 13.2. The quantitative estimate of drug-likeness (QED) is 0.177. The number of amides is 1. The smallest absolute Gasteiger partial charge is 0.344 e. The average molecular weight is 586 g/mol. The fourth-order valence-electron chi connectivity index (χ4n) is 5.36. The van der Waals surface area contributed by atoms with Gasteiger partial charge in [-0.05, 0) is 72.4 Å². The number of fused-ring (bicyclic) bond motifs is 1. The van der Waals surface area contributed by atoms with E-state index in [1.54, 1.807) is 20.3 Å². The van der Waals surface area contributed by atoms with Crippen molar-refractivity contribution in [3.8, 4) is 17.2 Å². The molecule has 1 amide bonds. The summed E-state index contributed by atoms with van der Waals surface area (Å²) >= 11 is 0. The Morgan fingerprint density at radius 1 is 0.977 bits per heavy atom. The summed E-state index contributed by atoms with van der Waals surface area (Å²) in [6.07, 6.45) is 4.67. The van der Waals surface area contributed by atoms with Gasteiger partial charge in [-0.2, -0.15) is 5.10 Å². The third-order valence-electron chi connectivity index (χ3n) is 7.44. The van der Waals surface area contributed by atoms with E-state index in [1.807, 2.05) is 48.5 Å². The van der Waals surface area contributed by atoms with Gasteiger partial charge in [-0.3, -0.25) is 14.9 Å². The topological polar surface area (TPSA) is 130 Å². The Kier molecular flexibility index (Phi) is 8.99. The van der Waals surface area contributed by atoms with Crippen molar-refractivity contribution in [3.05, 3.63) is 99.6 Å². The summed E-state index contributed by atoms with van der Waals surface area (Å²) in [6, 6.07) is 20.6.